The average molecular weight is 241 g/mol. The van der Waals surface area contributed by atoms with Gasteiger partial charge in [0, 0.05) is 11.8 Å². The topological polar surface area (TPSA) is 12.9 Å². The number of nitrogens with zero attached hydrogens (tertiary/aromatic N) is 1. The van der Waals surface area contributed by atoms with Crippen LogP contribution in [0.5, 0.6) is 0 Å². The van der Waals surface area contributed by atoms with E-state index in [1.165, 1.54) is 16.7 Å². The van der Waals surface area contributed by atoms with Crippen molar-refractivity contribution in [1.82, 2.24) is 4.98 Å². The quantitative estimate of drug-likeness (QED) is 0.703. The van der Waals surface area contributed by atoms with Gasteiger partial charge in [0.1, 0.15) is 0 Å². The van der Waals surface area contributed by atoms with Crippen LogP contribution in [0.1, 0.15) is 44.7 Å². The Morgan fingerprint density at radius 1 is 0.944 bits per heavy atom. The van der Waals surface area contributed by atoms with Crippen LogP contribution in [0.15, 0.2) is 42.6 Å². The minimum absolute atomic E-state index is 0.526. The van der Waals surface area contributed by atoms with Gasteiger partial charge >= 0.3 is 0 Å². The Balaban J connectivity index is 0.000000771. The predicted octanol–water partition coefficient (Wildman–Crippen LogP) is 5.21. The Morgan fingerprint density at radius 2 is 1.61 bits per heavy atom. The maximum atomic E-state index is 4.49. The van der Waals surface area contributed by atoms with E-state index >= 15 is 0 Å². The van der Waals surface area contributed by atoms with Gasteiger partial charge in [-0.25, -0.2) is 0 Å². The molecule has 0 saturated carbocycles. The van der Waals surface area contributed by atoms with E-state index in [0.717, 1.165) is 5.69 Å². The van der Waals surface area contributed by atoms with Crippen LogP contribution in [-0.4, -0.2) is 4.98 Å². The van der Waals surface area contributed by atoms with Gasteiger partial charge in [0.25, 0.3) is 0 Å². The average Bonchev–Trinajstić information content (AvgIpc) is 2.41. The molecule has 0 amide bonds. The van der Waals surface area contributed by atoms with E-state index in [1.807, 2.05) is 26.1 Å². The van der Waals surface area contributed by atoms with Crippen LogP contribution < -0.4 is 0 Å². The fraction of sp³-hybridized carbons (Fsp3) is 0.353. The Hall–Kier alpha value is -1.63. The van der Waals surface area contributed by atoms with Gasteiger partial charge in [-0.1, -0.05) is 58.0 Å². The standard InChI is InChI=1S/C15H17N.C2H6/c1-11(2)13-8-4-5-9-14(13)15-12(3)7-6-10-16-15;1-2/h4-11H,1-3H3;1-2H3. The molecule has 0 aliphatic heterocycles. The minimum atomic E-state index is 0.526. The summed E-state index contributed by atoms with van der Waals surface area (Å²) in [5, 5.41) is 0. The zero-order valence-corrected chi connectivity index (χ0v) is 12.1. The summed E-state index contributed by atoms with van der Waals surface area (Å²) in [5.74, 6) is 0.526. The molecule has 1 heteroatoms. The molecule has 0 aliphatic carbocycles. The normalized spacial score (nSPS) is 9.89. The molecule has 1 nitrogen and oxygen atoms in total. The fourth-order valence-corrected chi connectivity index (χ4v) is 1.98. The maximum absolute atomic E-state index is 4.49. The summed E-state index contributed by atoms with van der Waals surface area (Å²) in [6.07, 6.45) is 1.86. The molecular weight excluding hydrogens is 218 g/mol. The number of hydrogen-bond acceptors (Lipinski definition) is 1. The van der Waals surface area contributed by atoms with E-state index in [0.29, 0.717) is 5.92 Å². The molecule has 0 fully saturated rings. The van der Waals surface area contributed by atoms with Gasteiger partial charge in [-0.15, -0.1) is 0 Å². The molecule has 0 spiro atoms. The molecule has 0 N–H and O–H groups in total. The lowest BCUT2D eigenvalue weighted by Crippen LogP contribution is -1.95. The Bertz CT molecular complexity index is 486. The first kappa shape index (κ1) is 14.4. The highest BCUT2D eigenvalue weighted by Gasteiger charge is 2.10. The summed E-state index contributed by atoms with van der Waals surface area (Å²) in [4.78, 5) is 4.49. The number of rotatable bonds is 2. The highest BCUT2D eigenvalue weighted by molar-refractivity contribution is 5.67. The number of pyridine rings is 1. The number of benzene rings is 1. The van der Waals surface area contributed by atoms with Crippen LogP contribution in [0.2, 0.25) is 0 Å². The molecule has 0 atom stereocenters. The molecule has 0 saturated heterocycles. The lowest BCUT2D eigenvalue weighted by Gasteiger charge is -2.13. The van der Waals surface area contributed by atoms with Crippen molar-refractivity contribution in [3.8, 4) is 11.3 Å². The molecule has 2 rings (SSSR count). The maximum Gasteiger partial charge on any atom is 0.0733 e. The van der Waals surface area contributed by atoms with Gasteiger partial charge < -0.3 is 0 Å². The molecular formula is C17H23N. The second-order valence-electron chi connectivity index (χ2n) is 4.41. The molecule has 2 aromatic rings. The second-order valence-corrected chi connectivity index (χ2v) is 4.41. The van der Waals surface area contributed by atoms with E-state index in [2.05, 4.69) is 56.1 Å². The van der Waals surface area contributed by atoms with Crippen LogP contribution in [0, 0.1) is 6.92 Å². The summed E-state index contributed by atoms with van der Waals surface area (Å²) in [5.41, 5.74) is 4.96. The molecule has 0 aliphatic rings. The second kappa shape index (κ2) is 6.95. The molecule has 0 unspecified atom stereocenters. The summed E-state index contributed by atoms with van der Waals surface area (Å²) >= 11 is 0. The third-order valence-electron chi connectivity index (χ3n) is 2.85. The first-order valence-corrected chi connectivity index (χ1v) is 6.71. The zero-order chi connectivity index (χ0) is 13.5. The smallest absolute Gasteiger partial charge is 0.0733 e. The number of hydrogen-bond donors (Lipinski definition) is 0. The Labute approximate surface area is 111 Å². The SMILES string of the molecule is CC.Cc1cccnc1-c1ccccc1C(C)C. The molecule has 1 heterocycles. The third-order valence-corrected chi connectivity index (χ3v) is 2.85. The van der Waals surface area contributed by atoms with Crippen LogP contribution in [0.3, 0.4) is 0 Å². The van der Waals surface area contributed by atoms with Crippen LogP contribution >= 0.6 is 0 Å². The molecule has 96 valence electrons. The fourth-order valence-electron chi connectivity index (χ4n) is 1.98. The molecule has 0 bridgehead atoms. The first-order chi connectivity index (χ1) is 8.70. The van der Waals surface area contributed by atoms with Crippen molar-refractivity contribution < 1.29 is 0 Å². The Kier molecular flexibility index (Phi) is 5.57. The number of aryl methyl sites for hydroxylation is 1. The van der Waals surface area contributed by atoms with Crippen molar-refractivity contribution in [3.05, 3.63) is 53.7 Å². The van der Waals surface area contributed by atoms with Crippen LogP contribution in [0.4, 0.5) is 0 Å². The van der Waals surface area contributed by atoms with Crippen molar-refractivity contribution in [1.29, 1.82) is 0 Å². The molecule has 1 aromatic heterocycles. The van der Waals surface area contributed by atoms with Crippen molar-refractivity contribution in [2.45, 2.75) is 40.5 Å². The first-order valence-electron chi connectivity index (χ1n) is 6.71. The summed E-state index contributed by atoms with van der Waals surface area (Å²) in [6.45, 7) is 10.5. The van der Waals surface area contributed by atoms with Crippen molar-refractivity contribution in [2.24, 2.45) is 0 Å². The van der Waals surface area contributed by atoms with Crippen LogP contribution in [-0.2, 0) is 0 Å². The van der Waals surface area contributed by atoms with E-state index in [-0.39, 0.29) is 0 Å². The molecule has 0 radical (unpaired) electrons. The zero-order valence-electron chi connectivity index (χ0n) is 12.1. The van der Waals surface area contributed by atoms with Gasteiger partial charge in [0.2, 0.25) is 0 Å². The monoisotopic (exact) mass is 241 g/mol. The van der Waals surface area contributed by atoms with E-state index in [9.17, 15) is 0 Å². The van der Waals surface area contributed by atoms with Crippen LogP contribution in [0.25, 0.3) is 11.3 Å². The van der Waals surface area contributed by atoms with Gasteiger partial charge in [-0.05, 0) is 30.0 Å². The summed E-state index contributed by atoms with van der Waals surface area (Å²) in [6, 6.07) is 12.6. The van der Waals surface area contributed by atoms with E-state index in [4.69, 9.17) is 0 Å². The van der Waals surface area contributed by atoms with Crippen molar-refractivity contribution >= 4 is 0 Å². The summed E-state index contributed by atoms with van der Waals surface area (Å²) < 4.78 is 0. The van der Waals surface area contributed by atoms with E-state index in [1.54, 1.807) is 0 Å². The highest BCUT2D eigenvalue weighted by Crippen LogP contribution is 2.29. The van der Waals surface area contributed by atoms with Gasteiger partial charge in [-0.2, -0.15) is 0 Å². The molecule has 18 heavy (non-hydrogen) atoms. The minimum Gasteiger partial charge on any atom is -0.256 e. The van der Waals surface area contributed by atoms with Crippen molar-refractivity contribution in [2.75, 3.05) is 0 Å². The Morgan fingerprint density at radius 3 is 2.22 bits per heavy atom. The predicted molar refractivity (Wildman–Crippen MR) is 79.8 cm³/mol. The highest BCUT2D eigenvalue weighted by atomic mass is 14.7. The van der Waals surface area contributed by atoms with Gasteiger partial charge in [0.05, 0.1) is 5.69 Å². The van der Waals surface area contributed by atoms with Gasteiger partial charge in [0.15, 0.2) is 0 Å². The third kappa shape index (κ3) is 3.19. The lowest BCUT2D eigenvalue weighted by atomic mass is 9.94. The summed E-state index contributed by atoms with van der Waals surface area (Å²) in [7, 11) is 0. The number of aromatic nitrogens is 1. The van der Waals surface area contributed by atoms with Crippen molar-refractivity contribution in [3.63, 3.8) is 0 Å². The molecule has 1 aromatic carbocycles. The van der Waals surface area contributed by atoms with E-state index < -0.39 is 0 Å². The lowest BCUT2D eigenvalue weighted by molar-refractivity contribution is 0.867. The largest absolute Gasteiger partial charge is 0.256 e. The van der Waals surface area contributed by atoms with Gasteiger partial charge in [-0.3, -0.25) is 4.98 Å².